The van der Waals surface area contributed by atoms with Crippen molar-refractivity contribution < 1.29 is 14.3 Å². The van der Waals surface area contributed by atoms with Crippen molar-refractivity contribution >= 4 is 16.9 Å². The van der Waals surface area contributed by atoms with Gasteiger partial charge in [-0.1, -0.05) is 0 Å². The lowest BCUT2D eigenvalue weighted by molar-refractivity contribution is -0.0104. The van der Waals surface area contributed by atoms with Gasteiger partial charge >= 0.3 is 0 Å². The smallest absolute Gasteiger partial charge is 0.254 e. The largest absolute Gasteiger partial charge is 0.385 e. The number of morpholine rings is 1. The van der Waals surface area contributed by atoms with Crippen molar-refractivity contribution in [2.75, 3.05) is 33.5 Å². The molecule has 0 N–H and O–H groups in total. The molecular formula is C16H21N3O3. The molecule has 1 saturated heterocycles. The molecule has 0 spiro atoms. The monoisotopic (exact) mass is 303 g/mol. The number of methoxy groups -OCH3 is 1. The van der Waals surface area contributed by atoms with Crippen LogP contribution in [0.25, 0.3) is 11.0 Å². The van der Waals surface area contributed by atoms with Gasteiger partial charge in [0.2, 0.25) is 0 Å². The SMILES string of the molecule is COCCC1COCCN1C(=O)c1ccc2c(c1)ncn2C. The highest BCUT2D eigenvalue weighted by molar-refractivity contribution is 5.97. The molecule has 118 valence electrons. The Kier molecular flexibility index (Phi) is 4.40. The van der Waals surface area contributed by atoms with Gasteiger partial charge in [-0.2, -0.15) is 0 Å². The summed E-state index contributed by atoms with van der Waals surface area (Å²) in [6.45, 7) is 2.40. The zero-order valence-electron chi connectivity index (χ0n) is 13.0. The first-order valence-corrected chi connectivity index (χ1v) is 7.49. The van der Waals surface area contributed by atoms with Crippen molar-refractivity contribution in [1.29, 1.82) is 0 Å². The number of nitrogens with zero attached hydrogens (tertiary/aromatic N) is 3. The van der Waals surface area contributed by atoms with Crippen molar-refractivity contribution in [1.82, 2.24) is 14.5 Å². The van der Waals surface area contributed by atoms with Crippen LogP contribution in [0.3, 0.4) is 0 Å². The van der Waals surface area contributed by atoms with Crippen LogP contribution >= 0.6 is 0 Å². The highest BCUT2D eigenvalue weighted by Crippen LogP contribution is 2.19. The number of carbonyl (C=O) groups is 1. The van der Waals surface area contributed by atoms with E-state index in [-0.39, 0.29) is 11.9 Å². The molecule has 3 rings (SSSR count). The third kappa shape index (κ3) is 2.84. The van der Waals surface area contributed by atoms with Crippen LogP contribution in [0.15, 0.2) is 24.5 Å². The van der Waals surface area contributed by atoms with Gasteiger partial charge < -0.3 is 18.9 Å². The Morgan fingerprint density at radius 3 is 3.18 bits per heavy atom. The number of fused-ring (bicyclic) bond motifs is 1. The quantitative estimate of drug-likeness (QED) is 0.858. The second-order valence-electron chi connectivity index (χ2n) is 5.57. The first kappa shape index (κ1) is 15.0. The van der Waals surface area contributed by atoms with Crippen LogP contribution in [-0.2, 0) is 16.5 Å². The number of amides is 1. The zero-order valence-corrected chi connectivity index (χ0v) is 13.0. The van der Waals surface area contributed by atoms with Gasteiger partial charge in [-0.15, -0.1) is 0 Å². The number of ether oxygens (including phenoxy) is 2. The van der Waals surface area contributed by atoms with E-state index in [1.54, 1.807) is 13.4 Å². The molecule has 2 heterocycles. The summed E-state index contributed by atoms with van der Waals surface area (Å²) in [6.07, 6.45) is 2.54. The molecule has 1 aliphatic rings. The minimum Gasteiger partial charge on any atom is -0.385 e. The molecule has 6 heteroatoms. The molecule has 1 atom stereocenters. The van der Waals surface area contributed by atoms with Crippen LogP contribution in [0.4, 0.5) is 0 Å². The third-order valence-electron chi connectivity index (χ3n) is 4.12. The standard InChI is InChI=1S/C16H21N3O3/c1-18-11-17-14-9-12(3-4-15(14)18)16(20)19-6-8-22-10-13(19)5-7-21-2/h3-4,9,11,13H,5-8,10H2,1-2H3. The topological polar surface area (TPSA) is 56.6 Å². The number of hydrogen-bond acceptors (Lipinski definition) is 4. The number of rotatable bonds is 4. The minimum absolute atomic E-state index is 0.0388. The minimum atomic E-state index is 0.0388. The summed E-state index contributed by atoms with van der Waals surface area (Å²) in [6, 6.07) is 5.75. The Morgan fingerprint density at radius 1 is 1.50 bits per heavy atom. The summed E-state index contributed by atoms with van der Waals surface area (Å²) < 4.78 is 12.6. The van der Waals surface area contributed by atoms with E-state index in [1.165, 1.54) is 0 Å². The number of hydrogen-bond donors (Lipinski definition) is 0. The average Bonchev–Trinajstić information content (AvgIpc) is 2.93. The predicted molar refractivity (Wildman–Crippen MR) is 82.9 cm³/mol. The summed E-state index contributed by atoms with van der Waals surface area (Å²) in [5.74, 6) is 0.0388. The predicted octanol–water partition coefficient (Wildman–Crippen LogP) is 1.45. The molecule has 1 aliphatic heterocycles. The van der Waals surface area contributed by atoms with Gasteiger partial charge in [0.1, 0.15) is 0 Å². The van der Waals surface area contributed by atoms with Gasteiger partial charge in [0.05, 0.1) is 36.6 Å². The Hall–Kier alpha value is -1.92. The fraction of sp³-hybridized carbons (Fsp3) is 0.500. The molecule has 1 amide bonds. The Morgan fingerprint density at radius 2 is 2.36 bits per heavy atom. The fourth-order valence-electron chi connectivity index (χ4n) is 2.85. The second-order valence-corrected chi connectivity index (χ2v) is 5.57. The summed E-state index contributed by atoms with van der Waals surface area (Å²) in [5.41, 5.74) is 2.54. The maximum absolute atomic E-state index is 12.8. The molecule has 1 aromatic carbocycles. The van der Waals surface area contributed by atoms with E-state index >= 15 is 0 Å². The maximum atomic E-state index is 12.8. The lowest BCUT2D eigenvalue weighted by Crippen LogP contribution is -2.49. The Bertz CT molecular complexity index is 668. The van der Waals surface area contributed by atoms with E-state index in [0.717, 1.165) is 17.5 Å². The van der Waals surface area contributed by atoms with Gasteiger partial charge in [-0.3, -0.25) is 4.79 Å². The van der Waals surface area contributed by atoms with Crippen molar-refractivity contribution in [3.63, 3.8) is 0 Å². The average molecular weight is 303 g/mol. The first-order valence-electron chi connectivity index (χ1n) is 7.49. The molecule has 0 aliphatic carbocycles. The molecule has 0 radical (unpaired) electrons. The number of aromatic nitrogens is 2. The second kappa shape index (κ2) is 6.46. The molecule has 2 aromatic rings. The molecule has 0 bridgehead atoms. The lowest BCUT2D eigenvalue weighted by atomic mass is 10.1. The lowest BCUT2D eigenvalue weighted by Gasteiger charge is -2.35. The van der Waals surface area contributed by atoms with Crippen molar-refractivity contribution in [3.05, 3.63) is 30.1 Å². The van der Waals surface area contributed by atoms with Crippen molar-refractivity contribution in [3.8, 4) is 0 Å². The van der Waals surface area contributed by atoms with Gasteiger partial charge in [0.25, 0.3) is 5.91 Å². The van der Waals surface area contributed by atoms with Crippen LogP contribution in [-0.4, -0.2) is 59.9 Å². The van der Waals surface area contributed by atoms with Crippen LogP contribution in [0.2, 0.25) is 0 Å². The zero-order chi connectivity index (χ0) is 15.5. The Labute approximate surface area is 129 Å². The van der Waals surface area contributed by atoms with Crippen LogP contribution in [0.1, 0.15) is 16.8 Å². The van der Waals surface area contributed by atoms with Crippen molar-refractivity contribution in [2.24, 2.45) is 7.05 Å². The molecule has 0 saturated carbocycles. The molecule has 1 aromatic heterocycles. The summed E-state index contributed by atoms with van der Waals surface area (Å²) in [5, 5.41) is 0. The van der Waals surface area contributed by atoms with E-state index in [9.17, 15) is 4.79 Å². The van der Waals surface area contributed by atoms with Gasteiger partial charge in [-0.05, 0) is 24.6 Å². The maximum Gasteiger partial charge on any atom is 0.254 e. The van der Waals surface area contributed by atoms with E-state index in [4.69, 9.17) is 9.47 Å². The molecule has 1 unspecified atom stereocenters. The number of benzene rings is 1. The highest BCUT2D eigenvalue weighted by Gasteiger charge is 2.28. The Balaban J connectivity index is 1.83. The fourth-order valence-corrected chi connectivity index (χ4v) is 2.85. The van der Waals surface area contributed by atoms with E-state index in [1.807, 2.05) is 34.7 Å². The number of imidazole rings is 1. The summed E-state index contributed by atoms with van der Waals surface area (Å²) >= 11 is 0. The normalized spacial score (nSPS) is 18.8. The molecular weight excluding hydrogens is 282 g/mol. The molecule has 22 heavy (non-hydrogen) atoms. The third-order valence-corrected chi connectivity index (χ3v) is 4.12. The highest BCUT2D eigenvalue weighted by atomic mass is 16.5. The first-order chi connectivity index (χ1) is 10.7. The summed E-state index contributed by atoms with van der Waals surface area (Å²) in [4.78, 5) is 19.0. The molecule has 6 nitrogen and oxygen atoms in total. The van der Waals surface area contributed by atoms with E-state index in [0.29, 0.717) is 31.9 Å². The van der Waals surface area contributed by atoms with Gasteiger partial charge in [-0.25, -0.2) is 4.98 Å². The van der Waals surface area contributed by atoms with E-state index < -0.39 is 0 Å². The van der Waals surface area contributed by atoms with Crippen LogP contribution in [0, 0.1) is 0 Å². The molecule has 1 fully saturated rings. The number of carbonyl (C=O) groups excluding carboxylic acids is 1. The number of aryl methyl sites for hydroxylation is 1. The van der Waals surface area contributed by atoms with Gasteiger partial charge in [0.15, 0.2) is 0 Å². The van der Waals surface area contributed by atoms with Crippen molar-refractivity contribution in [2.45, 2.75) is 12.5 Å². The summed E-state index contributed by atoms with van der Waals surface area (Å²) in [7, 11) is 3.62. The van der Waals surface area contributed by atoms with Crippen LogP contribution in [0.5, 0.6) is 0 Å². The van der Waals surface area contributed by atoms with Crippen LogP contribution < -0.4 is 0 Å². The van der Waals surface area contributed by atoms with Gasteiger partial charge in [0, 0.05) is 32.9 Å². The van der Waals surface area contributed by atoms with E-state index in [2.05, 4.69) is 4.98 Å².